The van der Waals surface area contributed by atoms with Crippen molar-refractivity contribution in [3.05, 3.63) is 29.8 Å². The van der Waals surface area contributed by atoms with Crippen LogP contribution in [0, 0.1) is 6.92 Å². The fourth-order valence-corrected chi connectivity index (χ4v) is 14.3. The van der Waals surface area contributed by atoms with E-state index in [4.69, 9.17) is 14.9 Å². The van der Waals surface area contributed by atoms with Crippen molar-refractivity contribution in [2.24, 2.45) is 0 Å². The van der Waals surface area contributed by atoms with Crippen LogP contribution in [0.3, 0.4) is 0 Å². The Hall–Kier alpha value is -0.382. The normalized spacial score (nSPS) is 32.3. The quantitative estimate of drug-likeness (QED) is 0.675. The molecule has 0 N–H and O–H groups in total. The van der Waals surface area contributed by atoms with E-state index in [0.29, 0.717) is 0 Å². The molecule has 0 aromatic heterocycles. The summed E-state index contributed by atoms with van der Waals surface area (Å²) in [6.07, 6.45) is 0. The third kappa shape index (κ3) is 2.27. The van der Waals surface area contributed by atoms with Gasteiger partial charge >= 0.3 is 148 Å². The molecule has 0 atom stereocenters. The Morgan fingerprint density at radius 1 is 0.583 bits per heavy atom. The second-order valence-corrected chi connectivity index (χ2v) is 15.1. The average Bonchev–Trinajstić information content (AvgIpc) is 2.61. The zero-order valence-electron chi connectivity index (χ0n) is 16.4. The molecule has 1 aromatic carbocycles. The van der Waals surface area contributed by atoms with Gasteiger partial charge in [0.15, 0.2) is 0 Å². The summed E-state index contributed by atoms with van der Waals surface area (Å²) in [5, 5.41) is 0. The third-order valence-corrected chi connectivity index (χ3v) is 14.8. The van der Waals surface area contributed by atoms with Crippen molar-refractivity contribution in [1.82, 2.24) is 0 Å². The van der Waals surface area contributed by atoms with Crippen molar-refractivity contribution in [2.45, 2.75) is 84.7 Å². The topological polar surface area (TPSA) is 36.9 Å². The number of hydrogen-bond acceptors (Lipinski definition) is 4. The Balaban J connectivity index is 2.28. The molecule has 0 amide bonds. The summed E-state index contributed by atoms with van der Waals surface area (Å²) in [6, 6.07) is 8.20. The molecule has 0 bridgehead atoms. The van der Waals surface area contributed by atoms with Crippen LogP contribution < -0.4 is 4.35 Å². The van der Waals surface area contributed by atoms with Crippen LogP contribution in [0.5, 0.6) is 0 Å². The summed E-state index contributed by atoms with van der Waals surface area (Å²) < 4.78 is 27.7. The number of benzene rings is 1. The standard InChI is InChI=1S/C19H31AsO4/c1-14-10-12-15(13-11-14)20(21-16(2,3)17(4,5)22-20)23-18(6,7)19(8,9)24-20/h10-13H,1-9H3. The van der Waals surface area contributed by atoms with Gasteiger partial charge in [0.25, 0.3) is 0 Å². The molecule has 0 unspecified atom stereocenters. The molecule has 0 aliphatic carbocycles. The molecule has 2 aliphatic rings. The molecule has 24 heavy (non-hydrogen) atoms. The first-order valence-corrected chi connectivity index (χ1v) is 12.6. The molecule has 0 saturated carbocycles. The van der Waals surface area contributed by atoms with Crippen molar-refractivity contribution in [3.63, 3.8) is 0 Å². The van der Waals surface area contributed by atoms with E-state index in [2.05, 4.69) is 19.1 Å². The minimum atomic E-state index is -4.66. The van der Waals surface area contributed by atoms with Crippen molar-refractivity contribution < 1.29 is 14.9 Å². The van der Waals surface area contributed by atoms with Gasteiger partial charge in [-0.05, 0) is 0 Å². The van der Waals surface area contributed by atoms with Gasteiger partial charge in [0.2, 0.25) is 0 Å². The van der Waals surface area contributed by atoms with Gasteiger partial charge in [0.1, 0.15) is 0 Å². The van der Waals surface area contributed by atoms with Gasteiger partial charge in [-0.2, -0.15) is 0 Å². The van der Waals surface area contributed by atoms with Gasteiger partial charge in [-0.15, -0.1) is 0 Å². The van der Waals surface area contributed by atoms with Crippen molar-refractivity contribution in [2.75, 3.05) is 0 Å². The molecule has 1 aromatic rings. The molecule has 2 saturated heterocycles. The summed E-state index contributed by atoms with van der Waals surface area (Å²) in [6.45, 7) is 18.4. The maximum atomic E-state index is 6.71. The van der Waals surface area contributed by atoms with E-state index in [1.165, 1.54) is 5.56 Å². The molecular formula is C19H31AsO4. The van der Waals surface area contributed by atoms with Crippen molar-refractivity contribution in [3.8, 4) is 0 Å². The second-order valence-electron chi connectivity index (χ2n) is 9.05. The van der Waals surface area contributed by atoms with Crippen LogP contribution in [0.1, 0.15) is 61.0 Å². The molecule has 2 aliphatic heterocycles. The summed E-state index contributed by atoms with van der Waals surface area (Å²) >= 11 is -4.66. The zero-order valence-corrected chi connectivity index (χ0v) is 18.3. The monoisotopic (exact) mass is 398 g/mol. The SMILES string of the molecule is Cc1ccc([As]23(OC(C)(C)C(C)(C)O2)OC(C)(C)C(C)(C)O3)cc1. The fourth-order valence-electron chi connectivity index (χ4n) is 3.12. The zero-order chi connectivity index (χ0) is 18.3. The molecular weight excluding hydrogens is 367 g/mol. The first-order valence-electron chi connectivity index (χ1n) is 8.59. The molecule has 2 fully saturated rings. The first kappa shape index (κ1) is 18.4. The van der Waals surface area contributed by atoms with Gasteiger partial charge in [-0.25, -0.2) is 0 Å². The Morgan fingerprint density at radius 3 is 1.17 bits per heavy atom. The van der Waals surface area contributed by atoms with Crippen LogP contribution >= 0.6 is 0 Å². The number of aryl methyl sites for hydroxylation is 1. The first-order chi connectivity index (χ1) is 10.6. The number of hydrogen-bond donors (Lipinski definition) is 0. The summed E-state index contributed by atoms with van der Waals surface area (Å²) in [4.78, 5) is 0. The Labute approximate surface area is 147 Å². The minimum absolute atomic E-state index is 0.528. The van der Waals surface area contributed by atoms with Crippen molar-refractivity contribution >= 4 is 18.2 Å². The molecule has 5 heteroatoms. The summed E-state index contributed by atoms with van der Waals surface area (Å²) in [5.41, 5.74) is -0.931. The van der Waals surface area contributed by atoms with Gasteiger partial charge < -0.3 is 0 Å². The molecule has 3 rings (SSSR count). The predicted octanol–water partition coefficient (Wildman–Crippen LogP) is 3.80. The molecule has 0 radical (unpaired) electrons. The molecule has 2 heterocycles. The summed E-state index contributed by atoms with van der Waals surface area (Å²) in [5.74, 6) is 0. The van der Waals surface area contributed by atoms with Crippen LogP contribution in [0.15, 0.2) is 24.3 Å². The summed E-state index contributed by atoms with van der Waals surface area (Å²) in [7, 11) is 0. The number of rotatable bonds is 1. The molecule has 1 spiro atoms. The third-order valence-electron chi connectivity index (χ3n) is 5.90. The average molecular weight is 398 g/mol. The van der Waals surface area contributed by atoms with Crippen LogP contribution in [0.4, 0.5) is 0 Å². The van der Waals surface area contributed by atoms with E-state index in [0.717, 1.165) is 4.35 Å². The Morgan fingerprint density at radius 2 is 0.875 bits per heavy atom. The van der Waals surface area contributed by atoms with E-state index in [-0.39, 0.29) is 0 Å². The van der Waals surface area contributed by atoms with E-state index in [9.17, 15) is 0 Å². The Bertz CT molecular complexity index is 598. The van der Waals surface area contributed by atoms with Crippen LogP contribution in [0.25, 0.3) is 0 Å². The van der Waals surface area contributed by atoms with Gasteiger partial charge in [0.05, 0.1) is 0 Å². The van der Waals surface area contributed by atoms with Crippen molar-refractivity contribution in [1.29, 1.82) is 0 Å². The van der Waals surface area contributed by atoms with Crippen LogP contribution in [-0.4, -0.2) is 36.2 Å². The Kier molecular flexibility index (Phi) is 3.58. The second kappa shape index (κ2) is 4.66. The van der Waals surface area contributed by atoms with Gasteiger partial charge in [0, 0.05) is 0 Å². The van der Waals surface area contributed by atoms with E-state index < -0.39 is 36.2 Å². The van der Waals surface area contributed by atoms with E-state index in [1.54, 1.807) is 0 Å². The van der Waals surface area contributed by atoms with Crippen LogP contribution in [-0.2, 0) is 14.9 Å². The van der Waals surface area contributed by atoms with E-state index in [1.807, 2.05) is 67.5 Å². The van der Waals surface area contributed by atoms with Gasteiger partial charge in [-0.1, -0.05) is 0 Å². The fraction of sp³-hybridized carbons (Fsp3) is 0.684. The van der Waals surface area contributed by atoms with E-state index >= 15 is 0 Å². The molecule has 4 nitrogen and oxygen atoms in total. The maximum absolute atomic E-state index is 6.71. The van der Waals surface area contributed by atoms with Crippen LogP contribution in [0.2, 0.25) is 0 Å². The predicted molar refractivity (Wildman–Crippen MR) is 97.2 cm³/mol. The molecule has 136 valence electrons. The van der Waals surface area contributed by atoms with Gasteiger partial charge in [-0.3, -0.25) is 0 Å².